The van der Waals surface area contributed by atoms with Crippen molar-refractivity contribution in [2.75, 3.05) is 5.32 Å². The number of H-pyrrole nitrogens is 1. The lowest BCUT2D eigenvalue weighted by Gasteiger charge is -2.19. The number of nitrogens with zero attached hydrogens (tertiary/aromatic N) is 2. The molecule has 0 unspecified atom stereocenters. The van der Waals surface area contributed by atoms with Crippen LogP contribution in [0, 0.1) is 6.92 Å². The minimum absolute atomic E-state index is 0.268. The molecule has 6 heteroatoms. The molecule has 1 rings (SSSR count). The van der Waals surface area contributed by atoms with E-state index < -0.39 is 0 Å². The Morgan fingerprint density at radius 3 is 2.50 bits per heavy atom. The molecule has 0 atom stereocenters. The van der Waals surface area contributed by atoms with Crippen LogP contribution in [0.15, 0.2) is 0 Å². The Morgan fingerprint density at radius 2 is 2.07 bits per heavy atom. The topological polar surface area (TPSA) is 82.7 Å². The van der Waals surface area contributed by atoms with E-state index in [4.69, 9.17) is 0 Å². The highest BCUT2D eigenvalue weighted by molar-refractivity contribution is 5.87. The van der Waals surface area contributed by atoms with Crippen molar-refractivity contribution in [3.8, 4) is 0 Å². The number of carbonyl (C=O) groups is 1. The molecule has 0 aromatic carbocycles. The van der Waals surface area contributed by atoms with Gasteiger partial charge < -0.3 is 5.32 Å². The van der Waals surface area contributed by atoms with Gasteiger partial charge in [0, 0.05) is 5.54 Å². The van der Waals surface area contributed by atoms with Gasteiger partial charge in [-0.15, -0.1) is 5.10 Å². The summed E-state index contributed by atoms with van der Waals surface area (Å²) in [4.78, 5) is 15.3. The monoisotopic (exact) mass is 197 g/mol. The first kappa shape index (κ1) is 10.5. The van der Waals surface area contributed by atoms with Crippen LogP contribution in [-0.2, 0) is 0 Å². The van der Waals surface area contributed by atoms with Crippen LogP contribution in [0.2, 0.25) is 0 Å². The molecule has 2 amide bonds. The van der Waals surface area contributed by atoms with Crippen molar-refractivity contribution < 1.29 is 4.79 Å². The third kappa shape index (κ3) is 3.42. The quantitative estimate of drug-likeness (QED) is 0.628. The highest BCUT2D eigenvalue weighted by atomic mass is 16.2. The van der Waals surface area contributed by atoms with Crippen LogP contribution < -0.4 is 10.6 Å². The molecule has 1 heterocycles. The van der Waals surface area contributed by atoms with Crippen molar-refractivity contribution in [2.45, 2.75) is 33.2 Å². The molecule has 0 spiro atoms. The third-order valence-corrected chi connectivity index (χ3v) is 1.31. The van der Waals surface area contributed by atoms with E-state index in [-0.39, 0.29) is 17.5 Å². The van der Waals surface area contributed by atoms with Gasteiger partial charge in [0.15, 0.2) is 0 Å². The highest BCUT2D eigenvalue weighted by Gasteiger charge is 2.14. The normalized spacial score (nSPS) is 11.1. The standard InChI is InChI=1S/C8H15N5O/c1-5-9-6(13-12-5)10-7(14)11-8(2,3)4/h1-4H3,(H3,9,10,11,12,13,14). The number of hydrogen-bond acceptors (Lipinski definition) is 3. The van der Waals surface area contributed by atoms with E-state index in [0.29, 0.717) is 5.82 Å². The number of aryl methyl sites for hydroxylation is 1. The number of aromatic nitrogens is 3. The molecule has 3 N–H and O–H groups in total. The molecule has 0 fully saturated rings. The van der Waals surface area contributed by atoms with Gasteiger partial charge in [-0.2, -0.15) is 4.98 Å². The van der Waals surface area contributed by atoms with E-state index in [1.807, 2.05) is 20.8 Å². The fourth-order valence-electron chi connectivity index (χ4n) is 0.872. The maximum Gasteiger partial charge on any atom is 0.322 e. The van der Waals surface area contributed by atoms with Crippen molar-refractivity contribution in [2.24, 2.45) is 0 Å². The maximum atomic E-state index is 11.3. The number of hydrogen-bond donors (Lipinski definition) is 3. The Labute approximate surface area is 82.5 Å². The smallest absolute Gasteiger partial charge is 0.322 e. The zero-order chi connectivity index (χ0) is 10.8. The van der Waals surface area contributed by atoms with Crippen molar-refractivity contribution in [1.82, 2.24) is 20.5 Å². The van der Waals surface area contributed by atoms with Crippen LogP contribution in [0.3, 0.4) is 0 Å². The number of amides is 2. The number of aromatic amines is 1. The van der Waals surface area contributed by atoms with E-state index in [0.717, 1.165) is 0 Å². The van der Waals surface area contributed by atoms with Gasteiger partial charge in [-0.3, -0.25) is 10.4 Å². The third-order valence-electron chi connectivity index (χ3n) is 1.31. The first-order valence-corrected chi connectivity index (χ1v) is 4.35. The predicted molar refractivity (Wildman–Crippen MR) is 53.0 cm³/mol. The lowest BCUT2D eigenvalue weighted by atomic mass is 10.1. The van der Waals surface area contributed by atoms with E-state index in [2.05, 4.69) is 25.8 Å². The molecule has 0 saturated carbocycles. The Balaban J connectivity index is 2.50. The minimum Gasteiger partial charge on any atom is -0.333 e. The Morgan fingerprint density at radius 1 is 1.43 bits per heavy atom. The summed E-state index contributed by atoms with van der Waals surface area (Å²) in [5.74, 6) is 0.945. The van der Waals surface area contributed by atoms with Crippen molar-refractivity contribution in [1.29, 1.82) is 0 Å². The number of urea groups is 1. The Bertz CT molecular complexity index is 325. The van der Waals surface area contributed by atoms with Gasteiger partial charge >= 0.3 is 6.03 Å². The predicted octanol–water partition coefficient (Wildman–Crippen LogP) is 1.03. The first-order valence-electron chi connectivity index (χ1n) is 4.35. The average molecular weight is 197 g/mol. The number of carbonyl (C=O) groups excluding carboxylic acids is 1. The molecule has 78 valence electrons. The maximum absolute atomic E-state index is 11.3. The first-order chi connectivity index (χ1) is 6.37. The molecule has 1 aromatic heterocycles. The summed E-state index contributed by atoms with van der Waals surface area (Å²) in [6.45, 7) is 7.46. The molecule has 1 aromatic rings. The second-order valence-corrected chi connectivity index (χ2v) is 4.07. The van der Waals surface area contributed by atoms with Gasteiger partial charge in [0.25, 0.3) is 0 Å². The molecule has 0 aliphatic carbocycles. The van der Waals surface area contributed by atoms with E-state index >= 15 is 0 Å². The molecule has 0 saturated heterocycles. The van der Waals surface area contributed by atoms with Gasteiger partial charge in [-0.1, -0.05) is 0 Å². The van der Waals surface area contributed by atoms with Crippen molar-refractivity contribution >= 4 is 12.0 Å². The van der Waals surface area contributed by atoms with Crippen molar-refractivity contribution in [3.63, 3.8) is 0 Å². The highest BCUT2D eigenvalue weighted by Crippen LogP contribution is 2.01. The molecule has 0 bridgehead atoms. The van der Waals surface area contributed by atoms with Gasteiger partial charge in [-0.25, -0.2) is 4.79 Å². The summed E-state index contributed by atoms with van der Waals surface area (Å²) in [6, 6.07) is -0.309. The van der Waals surface area contributed by atoms with Crippen LogP contribution in [-0.4, -0.2) is 26.8 Å². The van der Waals surface area contributed by atoms with Crippen LogP contribution in [0.25, 0.3) is 0 Å². The molecular weight excluding hydrogens is 182 g/mol. The van der Waals surface area contributed by atoms with E-state index in [1.54, 1.807) is 6.92 Å². The fourth-order valence-corrected chi connectivity index (χ4v) is 0.872. The molecule has 6 nitrogen and oxygen atoms in total. The zero-order valence-electron chi connectivity index (χ0n) is 8.80. The van der Waals surface area contributed by atoms with Gasteiger partial charge in [-0.05, 0) is 27.7 Å². The second kappa shape index (κ2) is 3.65. The van der Waals surface area contributed by atoms with Crippen molar-refractivity contribution in [3.05, 3.63) is 5.82 Å². The summed E-state index contributed by atoms with van der Waals surface area (Å²) in [5, 5.41) is 11.7. The zero-order valence-corrected chi connectivity index (χ0v) is 8.80. The Kier molecular flexibility index (Phi) is 2.73. The fraction of sp³-hybridized carbons (Fsp3) is 0.625. The SMILES string of the molecule is Cc1nc(NC(=O)NC(C)(C)C)n[nH]1. The summed E-state index contributed by atoms with van der Waals surface area (Å²) < 4.78 is 0. The summed E-state index contributed by atoms with van der Waals surface area (Å²) in [6.07, 6.45) is 0. The number of anilines is 1. The largest absolute Gasteiger partial charge is 0.333 e. The van der Waals surface area contributed by atoms with Crippen LogP contribution in [0.1, 0.15) is 26.6 Å². The molecule has 14 heavy (non-hydrogen) atoms. The summed E-state index contributed by atoms with van der Waals surface area (Å²) >= 11 is 0. The van der Waals surface area contributed by atoms with Gasteiger partial charge in [0.1, 0.15) is 5.82 Å². The second-order valence-electron chi connectivity index (χ2n) is 4.07. The van der Waals surface area contributed by atoms with Crippen LogP contribution in [0.5, 0.6) is 0 Å². The number of nitrogens with one attached hydrogen (secondary N) is 3. The molecular formula is C8H15N5O. The van der Waals surface area contributed by atoms with Gasteiger partial charge in [0.2, 0.25) is 5.95 Å². The van der Waals surface area contributed by atoms with Crippen LogP contribution in [0.4, 0.5) is 10.7 Å². The average Bonchev–Trinajstić information content (AvgIpc) is 2.30. The molecule has 0 aliphatic heterocycles. The van der Waals surface area contributed by atoms with E-state index in [9.17, 15) is 4.79 Å². The number of rotatable bonds is 1. The van der Waals surface area contributed by atoms with Gasteiger partial charge in [0.05, 0.1) is 0 Å². The lowest BCUT2D eigenvalue weighted by Crippen LogP contribution is -2.43. The molecule has 0 aliphatic rings. The Hall–Kier alpha value is -1.59. The summed E-state index contributed by atoms with van der Waals surface area (Å²) in [5.41, 5.74) is -0.268. The van der Waals surface area contributed by atoms with Crippen LogP contribution >= 0.6 is 0 Å². The minimum atomic E-state index is -0.309. The summed E-state index contributed by atoms with van der Waals surface area (Å²) in [7, 11) is 0. The van der Waals surface area contributed by atoms with E-state index in [1.165, 1.54) is 0 Å². The lowest BCUT2D eigenvalue weighted by molar-refractivity contribution is 0.243. The molecule has 0 radical (unpaired) electrons.